The number of carbonyl (C=O) groups is 1. The molecule has 1 aromatic carbocycles. The fourth-order valence-electron chi connectivity index (χ4n) is 2.76. The Hall–Kier alpha value is -1.35. The number of nitrogens with zero attached hydrogens (tertiary/aromatic N) is 1. The van der Waals surface area contributed by atoms with Crippen LogP contribution in [0.15, 0.2) is 29.6 Å². The minimum atomic E-state index is -4.38. The van der Waals surface area contributed by atoms with E-state index in [1.807, 2.05) is 0 Å². The predicted octanol–water partition coefficient (Wildman–Crippen LogP) is 4.08. The van der Waals surface area contributed by atoms with Gasteiger partial charge in [-0.3, -0.25) is 4.79 Å². The van der Waals surface area contributed by atoms with Gasteiger partial charge in [-0.1, -0.05) is 12.1 Å². The minimum absolute atomic E-state index is 0. The zero-order valence-electron chi connectivity index (χ0n) is 14.2. The van der Waals surface area contributed by atoms with Gasteiger partial charge in [0.15, 0.2) is 0 Å². The molecule has 1 saturated heterocycles. The number of aromatic nitrogens is 1. The number of rotatable bonds is 4. The van der Waals surface area contributed by atoms with Crippen molar-refractivity contribution in [1.29, 1.82) is 0 Å². The Morgan fingerprint density at radius 2 is 1.96 bits per heavy atom. The molecule has 0 saturated carbocycles. The summed E-state index contributed by atoms with van der Waals surface area (Å²) in [7, 11) is 0. The summed E-state index contributed by atoms with van der Waals surface area (Å²) in [5.74, 6) is -0.104. The molecule has 0 spiro atoms. The van der Waals surface area contributed by atoms with Gasteiger partial charge in [-0.15, -0.1) is 36.2 Å². The molecule has 0 atom stereocenters. The fraction of sp³-hybridized carbons (Fsp3) is 0.412. The number of nitrogens with one attached hydrogen (secondary N) is 2. The second-order valence-electron chi connectivity index (χ2n) is 5.99. The van der Waals surface area contributed by atoms with Gasteiger partial charge in [0.25, 0.3) is 0 Å². The highest BCUT2D eigenvalue weighted by Crippen LogP contribution is 2.33. The smallest absolute Gasteiger partial charge is 0.353 e. The number of halogens is 5. The second-order valence-corrected chi connectivity index (χ2v) is 6.85. The lowest BCUT2D eigenvalue weighted by molar-refractivity contribution is -0.137. The molecule has 27 heavy (non-hydrogen) atoms. The quantitative estimate of drug-likeness (QED) is 0.751. The third-order valence-corrected chi connectivity index (χ3v) is 4.97. The Kier molecular flexibility index (Phi) is 9.01. The summed E-state index contributed by atoms with van der Waals surface area (Å²) in [6.45, 7) is 1.78. The highest BCUT2D eigenvalue weighted by molar-refractivity contribution is 7.13. The maximum Gasteiger partial charge on any atom is 0.416 e. The first-order chi connectivity index (χ1) is 11.9. The summed E-state index contributed by atoms with van der Waals surface area (Å²) in [4.78, 5) is 16.4. The molecule has 2 aromatic rings. The van der Waals surface area contributed by atoms with Crippen molar-refractivity contribution in [3.8, 4) is 10.6 Å². The highest BCUT2D eigenvalue weighted by Gasteiger charge is 2.30. The third-order valence-electron chi connectivity index (χ3n) is 4.03. The molecular weight excluding hydrogens is 422 g/mol. The molecule has 0 bridgehead atoms. The van der Waals surface area contributed by atoms with Crippen LogP contribution >= 0.6 is 36.2 Å². The van der Waals surface area contributed by atoms with Crippen molar-refractivity contribution in [3.63, 3.8) is 0 Å². The van der Waals surface area contributed by atoms with Crippen LogP contribution in [-0.4, -0.2) is 30.0 Å². The van der Waals surface area contributed by atoms with Crippen molar-refractivity contribution >= 4 is 42.1 Å². The Morgan fingerprint density at radius 1 is 1.26 bits per heavy atom. The number of hydrogen-bond acceptors (Lipinski definition) is 4. The zero-order valence-corrected chi connectivity index (χ0v) is 16.7. The molecule has 150 valence electrons. The van der Waals surface area contributed by atoms with E-state index >= 15 is 0 Å². The summed E-state index contributed by atoms with van der Waals surface area (Å²) < 4.78 is 38.4. The van der Waals surface area contributed by atoms with E-state index in [0.717, 1.165) is 38.1 Å². The van der Waals surface area contributed by atoms with Gasteiger partial charge in [0.1, 0.15) is 5.01 Å². The van der Waals surface area contributed by atoms with Gasteiger partial charge in [-0.05, 0) is 38.1 Å². The van der Waals surface area contributed by atoms with Crippen molar-refractivity contribution in [2.45, 2.75) is 31.5 Å². The molecule has 3 rings (SSSR count). The van der Waals surface area contributed by atoms with Crippen LogP contribution in [0.5, 0.6) is 0 Å². The van der Waals surface area contributed by atoms with Gasteiger partial charge in [-0.25, -0.2) is 4.98 Å². The van der Waals surface area contributed by atoms with Crippen LogP contribution in [0.25, 0.3) is 10.6 Å². The number of benzene rings is 1. The maximum absolute atomic E-state index is 12.8. The molecule has 0 aliphatic carbocycles. The van der Waals surface area contributed by atoms with Crippen LogP contribution in [0.4, 0.5) is 13.2 Å². The van der Waals surface area contributed by atoms with Crippen LogP contribution in [0.2, 0.25) is 0 Å². The molecule has 2 N–H and O–H groups in total. The monoisotopic (exact) mass is 441 g/mol. The number of thiazole rings is 1. The standard InChI is InChI=1S/C17H18F3N3OS.2ClH/c18-17(19,20)12-3-1-2-11(8-12)16-23-14(10-25-16)9-15(24)22-13-4-6-21-7-5-13;;/h1-3,8,10,13,21H,4-7,9H2,(H,22,24);2*1H. The molecule has 1 fully saturated rings. The molecule has 0 radical (unpaired) electrons. The SMILES string of the molecule is Cl.Cl.O=C(Cc1csc(-c2cccc(C(F)(F)F)c2)n1)NC1CCNCC1. The molecule has 1 aliphatic rings. The van der Waals surface area contributed by atoms with Crippen LogP contribution in [0.1, 0.15) is 24.1 Å². The van der Waals surface area contributed by atoms with E-state index in [2.05, 4.69) is 15.6 Å². The van der Waals surface area contributed by atoms with E-state index in [4.69, 9.17) is 0 Å². The van der Waals surface area contributed by atoms with E-state index < -0.39 is 11.7 Å². The van der Waals surface area contributed by atoms with Crippen LogP contribution < -0.4 is 10.6 Å². The molecule has 1 aromatic heterocycles. The van der Waals surface area contributed by atoms with E-state index in [1.54, 1.807) is 11.4 Å². The summed E-state index contributed by atoms with van der Waals surface area (Å²) in [6.07, 6.45) is -2.44. The molecule has 4 nitrogen and oxygen atoms in total. The van der Waals surface area contributed by atoms with Crippen molar-refractivity contribution < 1.29 is 18.0 Å². The van der Waals surface area contributed by atoms with E-state index in [9.17, 15) is 18.0 Å². The van der Waals surface area contributed by atoms with Crippen LogP contribution in [0, 0.1) is 0 Å². The first-order valence-corrected chi connectivity index (χ1v) is 8.92. The van der Waals surface area contributed by atoms with Crippen molar-refractivity contribution in [3.05, 3.63) is 40.9 Å². The molecule has 10 heteroatoms. The van der Waals surface area contributed by atoms with Gasteiger partial charge in [0.05, 0.1) is 17.7 Å². The largest absolute Gasteiger partial charge is 0.416 e. The van der Waals surface area contributed by atoms with Gasteiger partial charge in [0.2, 0.25) is 5.91 Å². The van der Waals surface area contributed by atoms with Gasteiger partial charge >= 0.3 is 6.18 Å². The average Bonchev–Trinajstić information content (AvgIpc) is 3.03. The second kappa shape index (κ2) is 10.3. The van der Waals surface area contributed by atoms with E-state index in [-0.39, 0.29) is 43.2 Å². The highest BCUT2D eigenvalue weighted by atomic mass is 35.5. The van der Waals surface area contributed by atoms with Crippen molar-refractivity contribution in [2.24, 2.45) is 0 Å². The number of piperidine rings is 1. The number of alkyl halides is 3. The summed E-state index contributed by atoms with van der Waals surface area (Å²) >= 11 is 1.24. The summed E-state index contributed by atoms with van der Waals surface area (Å²) in [5, 5.41) is 8.42. The molecule has 1 amide bonds. The molecule has 0 unspecified atom stereocenters. The predicted molar refractivity (Wildman–Crippen MR) is 105 cm³/mol. The van der Waals surface area contributed by atoms with Crippen LogP contribution in [0.3, 0.4) is 0 Å². The summed E-state index contributed by atoms with van der Waals surface area (Å²) in [5.41, 5.74) is 0.277. The lowest BCUT2D eigenvalue weighted by Crippen LogP contribution is -2.43. The number of amides is 1. The average molecular weight is 442 g/mol. The normalized spacial score (nSPS) is 14.8. The van der Waals surface area contributed by atoms with Crippen molar-refractivity contribution in [2.75, 3.05) is 13.1 Å². The summed E-state index contributed by atoms with van der Waals surface area (Å²) in [6, 6.07) is 5.24. The van der Waals surface area contributed by atoms with E-state index in [0.29, 0.717) is 16.3 Å². The number of hydrogen-bond donors (Lipinski definition) is 2. The van der Waals surface area contributed by atoms with Gasteiger partial charge in [0, 0.05) is 17.0 Å². The lowest BCUT2D eigenvalue weighted by atomic mass is 10.1. The van der Waals surface area contributed by atoms with Gasteiger partial charge < -0.3 is 10.6 Å². The maximum atomic E-state index is 12.8. The number of carbonyl (C=O) groups excluding carboxylic acids is 1. The van der Waals surface area contributed by atoms with E-state index in [1.165, 1.54) is 17.4 Å². The Balaban J connectivity index is 0.00000182. The Labute approximate surface area is 171 Å². The third kappa shape index (κ3) is 6.64. The zero-order chi connectivity index (χ0) is 17.9. The van der Waals surface area contributed by atoms with Crippen molar-refractivity contribution in [1.82, 2.24) is 15.6 Å². The molecule has 1 aliphatic heterocycles. The van der Waals surface area contributed by atoms with Crippen LogP contribution in [-0.2, 0) is 17.4 Å². The Bertz CT molecular complexity index is 749. The van der Waals surface area contributed by atoms with Gasteiger partial charge in [-0.2, -0.15) is 13.2 Å². The topological polar surface area (TPSA) is 54.0 Å². The minimum Gasteiger partial charge on any atom is -0.353 e. The first kappa shape index (κ1) is 23.7. The first-order valence-electron chi connectivity index (χ1n) is 8.04. The molecule has 2 heterocycles. The lowest BCUT2D eigenvalue weighted by Gasteiger charge is -2.23. The Morgan fingerprint density at radius 3 is 2.63 bits per heavy atom. The molecular formula is C17H20Cl2F3N3OS. The fourth-order valence-corrected chi connectivity index (χ4v) is 3.58.